The van der Waals surface area contributed by atoms with Gasteiger partial charge < -0.3 is 15.3 Å². The Morgan fingerprint density at radius 1 is 1.28 bits per heavy atom. The lowest BCUT2D eigenvalue weighted by Crippen LogP contribution is -2.54. The van der Waals surface area contributed by atoms with E-state index in [4.69, 9.17) is 5.11 Å². The zero-order valence-corrected chi connectivity index (χ0v) is 11.1. The van der Waals surface area contributed by atoms with E-state index < -0.39 is 5.97 Å². The van der Waals surface area contributed by atoms with Crippen LogP contribution in [0.4, 0.5) is 4.79 Å². The zero-order valence-electron chi connectivity index (χ0n) is 10.3. The number of nitrogens with one attached hydrogen (secondary N) is 1. The third-order valence-electron chi connectivity index (χ3n) is 3.28. The molecule has 102 valence electrons. The third kappa shape index (κ3) is 3.78. The highest BCUT2D eigenvalue weighted by molar-refractivity contribution is 7.99. The molecule has 0 bridgehead atoms. The maximum absolute atomic E-state index is 12.0. The fourth-order valence-electron chi connectivity index (χ4n) is 2.21. The molecule has 2 N–H and O–H groups in total. The monoisotopic (exact) mass is 273 g/mol. The summed E-state index contributed by atoms with van der Waals surface area (Å²) in [4.78, 5) is 26.2. The Bertz CT molecular complexity index is 313. The predicted molar refractivity (Wildman–Crippen MR) is 69.9 cm³/mol. The zero-order chi connectivity index (χ0) is 13.0. The molecule has 0 aromatic heterocycles. The third-order valence-corrected chi connectivity index (χ3v) is 4.44. The van der Waals surface area contributed by atoms with Crippen LogP contribution in [-0.2, 0) is 4.79 Å². The number of aliphatic carboxylic acids is 1. The molecule has 1 unspecified atom stereocenters. The second-order valence-electron chi connectivity index (χ2n) is 4.67. The molecular weight excluding hydrogens is 254 g/mol. The number of carboxylic acid groups (broad SMARTS) is 1. The summed E-state index contributed by atoms with van der Waals surface area (Å²) in [5.41, 5.74) is 0. The molecule has 2 fully saturated rings. The normalized spacial score (nSPS) is 25.1. The fourth-order valence-corrected chi connectivity index (χ4v) is 3.37. The van der Waals surface area contributed by atoms with Gasteiger partial charge >= 0.3 is 12.0 Å². The molecule has 2 heterocycles. The van der Waals surface area contributed by atoms with E-state index in [-0.39, 0.29) is 12.6 Å². The van der Waals surface area contributed by atoms with E-state index in [9.17, 15) is 9.59 Å². The van der Waals surface area contributed by atoms with Crippen molar-refractivity contribution in [3.05, 3.63) is 0 Å². The quantitative estimate of drug-likeness (QED) is 0.751. The average molecular weight is 273 g/mol. The summed E-state index contributed by atoms with van der Waals surface area (Å²) >= 11 is 1.87. The van der Waals surface area contributed by atoms with Gasteiger partial charge in [-0.3, -0.25) is 9.69 Å². The van der Waals surface area contributed by atoms with E-state index in [1.165, 1.54) is 0 Å². The molecule has 2 amide bonds. The summed E-state index contributed by atoms with van der Waals surface area (Å²) in [6, 6.07) is 0.303. The minimum Gasteiger partial charge on any atom is -0.480 e. The van der Waals surface area contributed by atoms with Crippen molar-refractivity contribution in [2.24, 2.45) is 0 Å². The van der Waals surface area contributed by atoms with Gasteiger partial charge in [-0.1, -0.05) is 0 Å². The van der Waals surface area contributed by atoms with Crippen molar-refractivity contribution < 1.29 is 14.7 Å². The number of urea groups is 1. The van der Waals surface area contributed by atoms with Gasteiger partial charge in [-0.2, -0.15) is 11.8 Å². The minimum atomic E-state index is -0.809. The highest BCUT2D eigenvalue weighted by atomic mass is 32.2. The van der Waals surface area contributed by atoms with Crippen molar-refractivity contribution in [2.45, 2.75) is 12.5 Å². The summed E-state index contributed by atoms with van der Waals surface area (Å²) in [6.45, 7) is 2.56. The molecule has 2 aliphatic rings. The van der Waals surface area contributed by atoms with Crippen LogP contribution in [0.3, 0.4) is 0 Å². The molecule has 2 aliphatic heterocycles. The van der Waals surface area contributed by atoms with Crippen LogP contribution in [0, 0.1) is 0 Å². The van der Waals surface area contributed by atoms with Crippen molar-refractivity contribution in [1.29, 1.82) is 0 Å². The lowest BCUT2D eigenvalue weighted by Gasteiger charge is -2.34. The molecule has 18 heavy (non-hydrogen) atoms. The maximum atomic E-state index is 12.0. The number of piperazine rings is 1. The van der Waals surface area contributed by atoms with Crippen LogP contribution in [-0.4, -0.2) is 77.2 Å². The number of rotatable bonds is 3. The largest absolute Gasteiger partial charge is 0.480 e. The maximum Gasteiger partial charge on any atom is 0.317 e. The first kappa shape index (κ1) is 13.5. The van der Waals surface area contributed by atoms with Crippen LogP contribution in [0.2, 0.25) is 0 Å². The number of carbonyl (C=O) groups is 2. The van der Waals surface area contributed by atoms with Gasteiger partial charge in [0.1, 0.15) is 0 Å². The second kappa shape index (κ2) is 6.29. The first-order chi connectivity index (χ1) is 8.65. The lowest BCUT2D eigenvalue weighted by molar-refractivity contribution is -0.138. The predicted octanol–water partition coefficient (Wildman–Crippen LogP) is -0.0963. The number of thioether (sulfide) groups is 1. The summed E-state index contributed by atoms with van der Waals surface area (Å²) in [7, 11) is 0. The molecule has 0 spiro atoms. The van der Waals surface area contributed by atoms with E-state index >= 15 is 0 Å². The smallest absolute Gasteiger partial charge is 0.317 e. The van der Waals surface area contributed by atoms with E-state index in [0.29, 0.717) is 32.2 Å². The highest BCUT2D eigenvalue weighted by Gasteiger charge is 2.25. The van der Waals surface area contributed by atoms with E-state index in [2.05, 4.69) is 5.32 Å². The Labute approximate surface area is 111 Å². The average Bonchev–Trinajstić information content (AvgIpc) is 2.82. The van der Waals surface area contributed by atoms with Gasteiger partial charge in [-0.25, -0.2) is 4.79 Å². The second-order valence-corrected chi connectivity index (χ2v) is 5.82. The summed E-state index contributed by atoms with van der Waals surface area (Å²) < 4.78 is 0. The number of carbonyl (C=O) groups excluding carboxylic acids is 1. The Hall–Kier alpha value is -0.950. The Kier molecular flexibility index (Phi) is 4.71. The molecule has 2 rings (SSSR count). The Morgan fingerprint density at radius 3 is 2.56 bits per heavy atom. The highest BCUT2D eigenvalue weighted by Crippen LogP contribution is 2.17. The van der Waals surface area contributed by atoms with Crippen molar-refractivity contribution in [2.75, 3.05) is 44.2 Å². The van der Waals surface area contributed by atoms with Gasteiger partial charge in [0, 0.05) is 38.0 Å². The topological polar surface area (TPSA) is 72.9 Å². The van der Waals surface area contributed by atoms with Crippen LogP contribution < -0.4 is 5.32 Å². The molecule has 0 aliphatic carbocycles. The Morgan fingerprint density at radius 2 is 2.00 bits per heavy atom. The summed E-state index contributed by atoms with van der Waals surface area (Å²) in [6.07, 6.45) is 1.05. The van der Waals surface area contributed by atoms with Crippen LogP contribution in [0.1, 0.15) is 6.42 Å². The summed E-state index contributed by atoms with van der Waals surface area (Å²) in [5.74, 6) is 1.32. The van der Waals surface area contributed by atoms with Gasteiger partial charge in [0.15, 0.2) is 0 Å². The first-order valence-corrected chi connectivity index (χ1v) is 7.38. The molecule has 7 heteroatoms. The molecule has 0 radical (unpaired) electrons. The van der Waals surface area contributed by atoms with Crippen LogP contribution in [0.15, 0.2) is 0 Å². The minimum absolute atomic E-state index is 0.00234. The summed E-state index contributed by atoms with van der Waals surface area (Å²) in [5, 5.41) is 11.7. The van der Waals surface area contributed by atoms with Gasteiger partial charge in [0.05, 0.1) is 6.54 Å². The molecule has 1 atom stereocenters. The number of hydrogen-bond donors (Lipinski definition) is 2. The van der Waals surface area contributed by atoms with Crippen molar-refractivity contribution in [1.82, 2.24) is 15.1 Å². The standard InChI is InChI=1S/C11H19N3O3S/c15-10(16)7-13-2-4-14(5-3-13)11(17)12-9-1-6-18-8-9/h9H,1-8H2,(H,12,17)(H,15,16). The molecule has 0 aromatic rings. The van der Waals surface area contributed by atoms with Crippen molar-refractivity contribution >= 4 is 23.8 Å². The SMILES string of the molecule is O=C(O)CN1CCN(C(=O)NC2CCSC2)CC1. The molecule has 2 saturated heterocycles. The molecule has 0 aromatic carbocycles. The van der Waals surface area contributed by atoms with E-state index in [1.807, 2.05) is 16.7 Å². The van der Waals surface area contributed by atoms with E-state index in [0.717, 1.165) is 17.9 Å². The Balaban J connectivity index is 1.71. The van der Waals surface area contributed by atoms with Gasteiger partial charge in [0.2, 0.25) is 0 Å². The number of amides is 2. The first-order valence-electron chi connectivity index (χ1n) is 6.22. The van der Waals surface area contributed by atoms with Gasteiger partial charge in [-0.15, -0.1) is 0 Å². The number of carboxylic acids is 1. The van der Waals surface area contributed by atoms with Crippen LogP contribution in [0.25, 0.3) is 0 Å². The van der Waals surface area contributed by atoms with Crippen LogP contribution >= 0.6 is 11.8 Å². The van der Waals surface area contributed by atoms with Gasteiger partial charge in [-0.05, 0) is 12.2 Å². The van der Waals surface area contributed by atoms with Crippen molar-refractivity contribution in [3.63, 3.8) is 0 Å². The van der Waals surface area contributed by atoms with Crippen LogP contribution in [0.5, 0.6) is 0 Å². The fraction of sp³-hybridized carbons (Fsp3) is 0.818. The molecule has 0 saturated carbocycles. The number of nitrogens with zero attached hydrogens (tertiary/aromatic N) is 2. The molecule has 6 nitrogen and oxygen atoms in total. The van der Waals surface area contributed by atoms with Crippen molar-refractivity contribution in [3.8, 4) is 0 Å². The molecular formula is C11H19N3O3S. The number of hydrogen-bond acceptors (Lipinski definition) is 4. The van der Waals surface area contributed by atoms with Gasteiger partial charge in [0.25, 0.3) is 0 Å². The van der Waals surface area contributed by atoms with E-state index in [1.54, 1.807) is 4.90 Å². The lowest BCUT2D eigenvalue weighted by atomic mass is 10.2.